The topological polar surface area (TPSA) is 181 Å². The first-order valence-electron chi connectivity index (χ1n) is 18.5. The number of alkyl carbamates (subject to hydrolysis) is 1. The first kappa shape index (κ1) is 36.9. The van der Waals surface area contributed by atoms with Gasteiger partial charge in [0.1, 0.15) is 29.3 Å². The lowest BCUT2D eigenvalue weighted by molar-refractivity contribution is -0.143. The smallest absolute Gasteiger partial charge is 0.410 e. The van der Waals surface area contributed by atoms with Crippen LogP contribution in [0.3, 0.4) is 0 Å². The van der Waals surface area contributed by atoms with Gasteiger partial charge in [-0.05, 0) is 67.6 Å². The van der Waals surface area contributed by atoms with Crippen molar-refractivity contribution < 1.29 is 41.9 Å². The zero-order chi connectivity index (χ0) is 38.1. The number of amides is 5. The molecule has 7 rings (SSSR count). The van der Waals surface area contributed by atoms with Gasteiger partial charge < -0.3 is 25.0 Å². The molecule has 0 aromatic heterocycles. The molecule has 4 fully saturated rings. The van der Waals surface area contributed by atoms with E-state index < -0.39 is 85.8 Å². The van der Waals surface area contributed by atoms with Crippen LogP contribution in [-0.4, -0.2) is 89.2 Å². The molecule has 1 aromatic carbocycles. The average molecular weight is 752 g/mol. The van der Waals surface area contributed by atoms with Gasteiger partial charge in [0.2, 0.25) is 21.8 Å². The zero-order valence-corrected chi connectivity index (χ0v) is 31.5. The van der Waals surface area contributed by atoms with Gasteiger partial charge in [-0.25, -0.2) is 18.0 Å². The summed E-state index contributed by atoms with van der Waals surface area (Å²) < 4.78 is 39.4. The van der Waals surface area contributed by atoms with Crippen molar-refractivity contribution in [3.8, 4) is 0 Å². The molecule has 6 aliphatic rings. The van der Waals surface area contributed by atoms with Gasteiger partial charge >= 0.3 is 12.2 Å². The molecule has 4 bridgehead atoms. The lowest BCUT2D eigenvalue weighted by atomic mass is 9.85. The van der Waals surface area contributed by atoms with E-state index >= 15 is 0 Å². The van der Waals surface area contributed by atoms with E-state index in [0.29, 0.717) is 32.4 Å². The molecule has 1 saturated heterocycles. The Morgan fingerprint density at radius 3 is 2.53 bits per heavy atom. The molecule has 3 aliphatic heterocycles. The summed E-state index contributed by atoms with van der Waals surface area (Å²) in [6.45, 7) is 11.5. The molecule has 286 valence electrons. The number of benzene rings is 1. The Morgan fingerprint density at radius 1 is 1.09 bits per heavy atom. The lowest BCUT2D eigenvalue weighted by Gasteiger charge is -2.35. The first-order chi connectivity index (χ1) is 24.9. The van der Waals surface area contributed by atoms with E-state index in [0.717, 1.165) is 29.5 Å². The van der Waals surface area contributed by atoms with E-state index in [4.69, 9.17) is 9.47 Å². The van der Waals surface area contributed by atoms with Crippen LogP contribution in [0, 0.1) is 17.3 Å². The standard InChI is InChI=1S/C38H49N5O9S/c1-6-24-18-38(24,33(46)41-53(49,50)27-14-15-27)40-31(44)29-16-26-20-43(29)32(45)30(36(2,3)4)39-34(47)52-37(5)17-25(37)13-8-7-10-22-11-9-12-23-19-42(21-28(22)23)35(48)51-26/h6-7,9-12,24-27,29-30H,1,8,13-21H2,2-5H3,(H,39,47)(H,40,44)(H,41,46)/b10-7+/t24-,25?,26?,29?,30?,37?,38-/m1/s1. The molecule has 5 unspecified atom stereocenters. The molecule has 5 amide bonds. The summed E-state index contributed by atoms with van der Waals surface area (Å²) in [6.07, 6.45) is 6.60. The largest absolute Gasteiger partial charge is 0.444 e. The predicted octanol–water partition coefficient (Wildman–Crippen LogP) is 3.50. The van der Waals surface area contributed by atoms with Crippen molar-refractivity contribution in [3.63, 3.8) is 0 Å². The van der Waals surface area contributed by atoms with Crippen molar-refractivity contribution in [2.45, 2.75) is 120 Å². The SMILES string of the molecule is C=C[C@@H]1C[C@]1(NC(=O)C1CC2CN1C(=O)C(C(C)(C)C)NC(=O)OC1(C)CC1CC/C=C/c1cccc3c1CN(C3)C(=O)O2)C(=O)NS(=O)(=O)C1CC1. The van der Waals surface area contributed by atoms with Crippen LogP contribution in [0.1, 0.15) is 89.3 Å². The maximum Gasteiger partial charge on any atom is 0.410 e. The maximum absolute atomic E-state index is 14.5. The molecule has 15 heteroatoms. The highest BCUT2D eigenvalue weighted by Gasteiger charge is 2.62. The highest BCUT2D eigenvalue weighted by Crippen LogP contribution is 2.50. The van der Waals surface area contributed by atoms with Crippen LogP contribution in [0.2, 0.25) is 0 Å². The Balaban J connectivity index is 1.17. The van der Waals surface area contributed by atoms with E-state index in [1.807, 2.05) is 25.1 Å². The molecule has 0 spiro atoms. The van der Waals surface area contributed by atoms with Crippen molar-refractivity contribution in [3.05, 3.63) is 53.6 Å². The molecule has 3 heterocycles. The number of ether oxygens (including phenoxy) is 2. The molecule has 7 atom stereocenters. The van der Waals surface area contributed by atoms with Crippen molar-refractivity contribution in [2.24, 2.45) is 17.3 Å². The number of nitrogens with one attached hydrogen (secondary N) is 3. The minimum absolute atomic E-state index is 0.0873. The van der Waals surface area contributed by atoms with Crippen LogP contribution in [0.25, 0.3) is 6.08 Å². The summed E-state index contributed by atoms with van der Waals surface area (Å²) in [6, 6.07) is 3.58. The number of allylic oxidation sites excluding steroid dienone is 1. The van der Waals surface area contributed by atoms with E-state index in [-0.39, 0.29) is 25.3 Å². The molecule has 3 N–H and O–H groups in total. The fraction of sp³-hybridized carbons (Fsp3) is 0.605. The second kappa shape index (κ2) is 13.2. The van der Waals surface area contributed by atoms with Gasteiger partial charge in [0.25, 0.3) is 5.91 Å². The Labute approximate surface area is 310 Å². The second-order valence-corrected chi connectivity index (χ2v) is 18.8. The normalized spacial score (nSPS) is 33.4. The molecule has 3 saturated carbocycles. The molecule has 14 nitrogen and oxygen atoms in total. The van der Waals surface area contributed by atoms with Crippen molar-refractivity contribution in [1.29, 1.82) is 0 Å². The third-order valence-electron chi connectivity index (χ3n) is 11.7. The third-order valence-corrected chi connectivity index (χ3v) is 13.5. The van der Waals surface area contributed by atoms with Gasteiger partial charge in [-0.3, -0.25) is 24.0 Å². The monoisotopic (exact) mass is 751 g/mol. The molecule has 3 aliphatic carbocycles. The van der Waals surface area contributed by atoms with Crippen LogP contribution >= 0.6 is 0 Å². The van der Waals surface area contributed by atoms with Crippen molar-refractivity contribution in [2.75, 3.05) is 6.54 Å². The highest BCUT2D eigenvalue weighted by atomic mass is 32.2. The number of carbonyl (C=O) groups is 5. The van der Waals surface area contributed by atoms with Crippen molar-refractivity contribution >= 4 is 46.0 Å². The highest BCUT2D eigenvalue weighted by molar-refractivity contribution is 7.91. The summed E-state index contributed by atoms with van der Waals surface area (Å²) in [4.78, 5) is 72.1. The van der Waals surface area contributed by atoms with Gasteiger partial charge in [-0.15, -0.1) is 6.58 Å². The Kier molecular flexibility index (Phi) is 9.18. The Bertz CT molecular complexity index is 1890. The second-order valence-electron chi connectivity index (χ2n) is 16.8. The average Bonchev–Trinajstić information content (AvgIpc) is 4.04. The van der Waals surface area contributed by atoms with Crippen LogP contribution in [-0.2, 0) is 47.0 Å². The van der Waals surface area contributed by atoms with Crippen LogP contribution in [0.15, 0.2) is 36.9 Å². The Hall–Kier alpha value is -4.40. The summed E-state index contributed by atoms with van der Waals surface area (Å²) in [5, 5.41) is 4.87. The number of hydrogen-bond acceptors (Lipinski definition) is 9. The summed E-state index contributed by atoms with van der Waals surface area (Å²) in [7, 11) is -3.91. The van der Waals surface area contributed by atoms with Gasteiger partial charge in [-0.1, -0.05) is 57.2 Å². The van der Waals surface area contributed by atoms with E-state index in [1.54, 1.807) is 25.7 Å². The van der Waals surface area contributed by atoms with Gasteiger partial charge in [0.05, 0.1) is 18.3 Å². The minimum Gasteiger partial charge on any atom is -0.444 e. The number of fused-ring (bicyclic) bond motifs is 4. The fourth-order valence-corrected chi connectivity index (χ4v) is 9.35. The fourth-order valence-electron chi connectivity index (χ4n) is 7.99. The Morgan fingerprint density at radius 2 is 1.85 bits per heavy atom. The minimum atomic E-state index is -3.91. The summed E-state index contributed by atoms with van der Waals surface area (Å²) in [5.74, 6) is -2.56. The molecule has 53 heavy (non-hydrogen) atoms. The van der Waals surface area contributed by atoms with Crippen LogP contribution in [0.4, 0.5) is 9.59 Å². The van der Waals surface area contributed by atoms with E-state index in [2.05, 4.69) is 34.1 Å². The number of hydrogen-bond donors (Lipinski definition) is 3. The molecular formula is C38H49N5O9S. The van der Waals surface area contributed by atoms with Gasteiger partial charge in [0, 0.05) is 24.8 Å². The summed E-state index contributed by atoms with van der Waals surface area (Å²) in [5.41, 5.74) is -0.0624. The molecule has 1 aromatic rings. The lowest BCUT2D eigenvalue weighted by Crippen LogP contribution is -2.60. The number of sulfonamides is 1. The van der Waals surface area contributed by atoms with Gasteiger partial charge in [-0.2, -0.15) is 0 Å². The van der Waals surface area contributed by atoms with Crippen LogP contribution in [0.5, 0.6) is 0 Å². The van der Waals surface area contributed by atoms with Gasteiger partial charge in [0.15, 0.2) is 0 Å². The third kappa shape index (κ3) is 7.28. The number of rotatable bonds is 6. The number of nitrogens with zero attached hydrogens (tertiary/aromatic N) is 2. The number of carbonyl (C=O) groups excluding carboxylic acids is 5. The quantitative estimate of drug-likeness (QED) is 0.367. The van der Waals surface area contributed by atoms with Crippen LogP contribution < -0.4 is 15.4 Å². The van der Waals surface area contributed by atoms with E-state index in [9.17, 15) is 32.4 Å². The van der Waals surface area contributed by atoms with E-state index in [1.165, 1.54) is 11.0 Å². The molecular weight excluding hydrogens is 703 g/mol. The molecule has 0 radical (unpaired) electrons. The first-order valence-corrected chi connectivity index (χ1v) is 20.0. The summed E-state index contributed by atoms with van der Waals surface area (Å²) >= 11 is 0. The predicted molar refractivity (Wildman–Crippen MR) is 193 cm³/mol. The zero-order valence-electron chi connectivity index (χ0n) is 30.7. The maximum atomic E-state index is 14.5. The van der Waals surface area contributed by atoms with Crippen molar-refractivity contribution in [1.82, 2.24) is 25.2 Å².